The lowest BCUT2D eigenvalue weighted by atomic mass is 9.98. The van der Waals surface area contributed by atoms with Crippen LogP contribution in [0, 0.1) is 6.92 Å². The molecule has 1 aliphatic carbocycles. The van der Waals surface area contributed by atoms with Crippen molar-refractivity contribution in [1.82, 2.24) is 15.3 Å². The number of fused-ring (bicyclic) bond motifs is 3. The molecule has 6 heteroatoms. The highest BCUT2D eigenvalue weighted by atomic mass is 35.5. The van der Waals surface area contributed by atoms with Gasteiger partial charge in [-0.25, -0.2) is 14.8 Å². The number of nitrogens with zero attached hydrogens (tertiary/aromatic N) is 2. The van der Waals surface area contributed by atoms with Crippen LogP contribution in [0.25, 0.3) is 17.2 Å². The summed E-state index contributed by atoms with van der Waals surface area (Å²) in [6.07, 6.45) is 5.83. The monoisotopic (exact) mass is 419 g/mol. The van der Waals surface area contributed by atoms with Crippen LogP contribution in [0.4, 0.5) is 4.79 Å². The van der Waals surface area contributed by atoms with Gasteiger partial charge in [0, 0.05) is 29.9 Å². The average molecular weight is 420 g/mol. The van der Waals surface area contributed by atoms with Crippen molar-refractivity contribution in [2.24, 2.45) is 0 Å². The normalized spacial score (nSPS) is 12.6. The number of hydrogen-bond donors (Lipinski definition) is 1. The van der Waals surface area contributed by atoms with Gasteiger partial charge in [0.1, 0.15) is 6.61 Å². The molecule has 1 aromatic heterocycles. The number of rotatable bonds is 6. The zero-order chi connectivity index (χ0) is 20.9. The number of alkyl carbamates (subject to hydrolysis) is 1. The SMILES string of the molecule is Cc1nc(Cl)ncc1C=CCCNC(=O)OCC1c2ccccc2-c2ccccc21. The molecule has 0 saturated heterocycles. The fourth-order valence-electron chi connectivity index (χ4n) is 3.73. The molecular formula is C24H22ClN3O2. The van der Waals surface area contributed by atoms with Gasteiger partial charge in [-0.2, -0.15) is 0 Å². The molecule has 1 aliphatic rings. The van der Waals surface area contributed by atoms with E-state index in [-0.39, 0.29) is 11.2 Å². The second kappa shape index (κ2) is 9.09. The molecule has 0 fully saturated rings. The van der Waals surface area contributed by atoms with Crippen molar-refractivity contribution in [1.29, 1.82) is 0 Å². The molecular weight excluding hydrogens is 398 g/mol. The van der Waals surface area contributed by atoms with E-state index in [0.717, 1.165) is 11.3 Å². The van der Waals surface area contributed by atoms with Crippen molar-refractivity contribution >= 4 is 23.8 Å². The fourth-order valence-corrected chi connectivity index (χ4v) is 3.90. The Kier molecular flexibility index (Phi) is 6.10. The highest BCUT2D eigenvalue weighted by Gasteiger charge is 2.28. The van der Waals surface area contributed by atoms with Gasteiger partial charge in [-0.05, 0) is 47.2 Å². The summed E-state index contributed by atoms with van der Waals surface area (Å²) in [4.78, 5) is 20.2. The third-order valence-electron chi connectivity index (χ3n) is 5.21. The van der Waals surface area contributed by atoms with Crippen LogP contribution >= 0.6 is 11.6 Å². The molecule has 1 amide bonds. The summed E-state index contributed by atoms with van der Waals surface area (Å²) >= 11 is 5.76. The predicted octanol–water partition coefficient (Wildman–Crippen LogP) is 5.38. The van der Waals surface area contributed by atoms with E-state index in [1.807, 2.05) is 43.3 Å². The van der Waals surface area contributed by atoms with Gasteiger partial charge in [-0.1, -0.05) is 60.7 Å². The summed E-state index contributed by atoms with van der Waals surface area (Å²) in [5, 5.41) is 3.04. The Balaban J connectivity index is 1.28. The number of carbonyl (C=O) groups excluding carboxylic acids is 1. The Bertz CT molecular complexity index is 1050. The van der Waals surface area contributed by atoms with Crippen LogP contribution in [0.3, 0.4) is 0 Å². The van der Waals surface area contributed by atoms with Gasteiger partial charge >= 0.3 is 6.09 Å². The molecule has 30 heavy (non-hydrogen) atoms. The number of aryl methyl sites for hydroxylation is 1. The number of nitrogens with one attached hydrogen (secondary N) is 1. The van der Waals surface area contributed by atoms with Gasteiger partial charge in [0.2, 0.25) is 5.28 Å². The Labute approximate surface area is 180 Å². The number of halogens is 1. The second-order valence-corrected chi connectivity index (χ2v) is 7.46. The molecule has 0 saturated carbocycles. The summed E-state index contributed by atoms with van der Waals surface area (Å²) in [7, 11) is 0. The van der Waals surface area contributed by atoms with Gasteiger partial charge < -0.3 is 10.1 Å². The van der Waals surface area contributed by atoms with E-state index in [0.29, 0.717) is 19.6 Å². The number of ether oxygens (including phenoxy) is 1. The van der Waals surface area contributed by atoms with Crippen LogP contribution in [-0.2, 0) is 4.74 Å². The zero-order valence-electron chi connectivity index (χ0n) is 16.6. The molecule has 4 rings (SSSR count). The zero-order valence-corrected chi connectivity index (χ0v) is 17.4. The van der Waals surface area contributed by atoms with Gasteiger partial charge in [-0.3, -0.25) is 0 Å². The summed E-state index contributed by atoms with van der Waals surface area (Å²) < 4.78 is 5.53. The van der Waals surface area contributed by atoms with Gasteiger partial charge in [0.05, 0.1) is 0 Å². The topological polar surface area (TPSA) is 64.1 Å². The Hall–Kier alpha value is -3.18. The number of benzene rings is 2. The van der Waals surface area contributed by atoms with Crippen molar-refractivity contribution in [2.45, 2.75) is 19.3 Å². The summed E-state index contributed by atoms with van der Waals surface area (Å²) in [6, 6.07) is 16.6. The molecule has 152 valence electrons. The van der Waals surface area contributed by atoms with Gasteiger partial charge in [0.15, 0.2) is 0 Å². The summed E-state index contributed by atoms with van der Waals surface area (Å²) in [6.45, 7) is 2.68. The molecule has 5 nitrogen and oxygen atoms in total. The smallest absolute Gasteiger partial charge is 0.407 e. The van der Waals surface area contributed by atoms with E-state index >= 15 is 0 Å². The van der Waals surface area contributed by atoms with E-state index in [1.54, 1.807) is 6.20 Å². The molecule has 0 unspecified atom stereocenters. The Morgan fingerprint density at radius 3 is 2.47 bits per heavy atom. The average Bonchev–Trinajstić information content (AvgIpc) is 3.07. The molecule has 0 aliphatic heterocycles. The van der Waals surface area contributed by atoms with Crippen molar-refractivity contribution < 1.29 is 9.53 Å². The largest absolute Gasteiger partial charge is 0.449 e. The van der Waals surface area contributed by atoms with E-state index < -0.39 is 6.09 Å². The van der Waals surface area contributed by atoms with Crippen LogP contribution in [-0.4, -0.2) is 29.2 Å². The van der Waals surface area contributed by atoms with Crippen LogP contribution in [0.1, 0.15) is 34.7 Å². The number of amides is 1. The minimum atomic E-state index is -0.406. The molecule has 1 N–H and O–H groups in total. The lowest BCUT2D eigenvalue weighted by Crippen LogP contribution is -2.26. The van der Waals surface area contributed by atoms with Crippen LogP contribution in [0.5, 0.6) is 0 Å². The quantitative estimate of drug-likeness (QED) is 0.430. The van der Waals surface area contributed by atoms with Crippen molar-refractivity contribution in [3.8, 4) is 11.1 Å². The van der Waals surface area contributed by atoms with E-state index in [4.69, 9.17) is 16.3 Å². The number of hydrogen-bond acceptors (Lipinski definition) is 4. The Morgan fingerprint density at radius 1 is 1.13 bits per heavy atom. The molecule has 1 heterocycles. The first kappa shape index (κ1) is 20.1. The summed E-state index contributed by atoms with van der Waals surface area (Å²) in [5.74, 6) is 0.0657. The predicted molar refractivity (Wildman–Crippen MR) is 119 cm³/mol. The molecule has 0 radical (unpaired) electrons. The minimum Gasteiger partial charge on any atom is -0.449 e. The Morgan fingerprint density at radius 2 is 1.80 bits per heavy atom. The maximum atomic E-state index is 12.2. The number of carbonyl (C=O) groups is 1. The van der Waals surface area contributed by atoms with E-state index in [2.05, 4.69) is 39.6 Å². The third-order valence-corrected chi connectivity index (χ3v) is 5.39. The second-order valence-electron chi connectivity index (χ2n) is 7.12. The van der Waals surface area contributed by atoms with E-state index in [9.17, 15) is 4.79 Å². The van der Waals surface area contributed by atoms with Gasteiger partial charge in [0.25, 0.3) is 0 Å². The lowest BCUT2D eigenvalue weighted by molar-refractivity contribution is 0.143. The van der Waals surface area contributed by atoms with E-state index in [1.165, 1.54) is 22.3 Å². The molecule has 0 spiro atoms. The van der Waals surface area contributed by atoms with Crippen molar-refractivity contribution in [3.05, 3.63) is 88.5 Å². The van der Waals surface area contributed by atoms with Crippen LogP contribution in [0.15, 0.2) is 60.8 Å². The minimum absolute atomic E-state index is 0.0657. The lowest BCUT2D eigenvalue weighted by Gasteiger charge is -2.14. The summed E-state index contributed by atoms with van der Waals surface area (Å²) in [5.41, 5.74) is 6.56. The van der Waals surface area contributed by atoms with Crippen molar-refractivity contribution in [2.75, 3.05) is 13.2 Å². The van der Waals surface area contributed by atoms with Crippen LogP contribution < -0.4 is 5.32 Å². The first-order chi connectivity index (χ1) is 14.6. The van der Waals surface area contributed by atoms with Crippen molar-refractivity contribution in [3.63, 3.8) is 0 Å². The highest BCUT2D eigenvalue weighted by molar-refractivity contribution is 6.28. The van der Waals surface area contributed by atoms with Gasteiger partial charge in [-0.15, -0.1) is 0 Å². The maximum absolute atomic E-state index is 12.2. The standard InChI is InChI=1S/C24H22ClN3O2/c1-16-17(14-27-23(25)28-16)8-6-7-13-26-24(29)30-15-22-20-11-4-2-9-18(20)19-10-3-5-12-21(19)22/h2-6,8-12,14,22H,7,13,15H2,1H3,(H,26,29). The maximum Gasteiger partial charge on any atom is 0.407 e. The molecule has 0 atom stereocenters. The van der Waals surface area contributed by atoms with Crippen LogP contribution in [0.2, 0.25) is 5.28 Å². The first-order valence-corrected chi connectivity index (χ1v) is 10.3. The molecule has 0 bridgehead atoms. The molecule has 2 aromatic carbocycles. The number of aromatic nitrogens is 2. The fraction of sp³-hybridized carbons (Fsp3) is 0.208. The highest BCUT2D eigenvalue weighted by Crippen LogP contribution is 2.44. The first-order valence-electron chi connectivity index (χ1n) is 9.88. The third kappa shape index (κ3) is 4.36. The molecule has 3 aromatic rings.